The number of aliphatic hydroxyl groups is 1. The molecule has 5 aromatic rings. The maximum atomic E-state index is 15.9. The molecule has 0 fully saturated rings. The summed E-state index contributed by atoms with van der Waals surface area (Å²) in [6, 6.07) is 14.0. The van der Waals surface area contributed by atoms with Gasteiger partial charge >= 0.3 is 5.92 Å². The highest BCUT2D eigenvalue weighted by Gasteiger charge is 2.58. The minimum Gasteiger partial charge on any atom is -0.489 e. The molecule has 7 nitrogen and oxygen atoms in total. The summed E-state index contributed by atoms with van der Waals surface area (Å²) in [6.45, 7) is 0.0965. The number of pyridine rings is 1. The topological polar surface area (TPSA) is 96.8 Å². The van der Waals surface area contributed by atoms with Gasteiger partial charge in [0.2, 0.25) is 0 Å². The third-order valence-corrected chi connectivity index (χ3v) is 6.39. The van der Waals surface area contributed by atoms with E-state index in [1.807, 2.05) is 0 Å². The molecule has 2 aromatic heterocycles. The van der Waals surface area contributed by atoms with Crippen LogP contribution in [0.25, 0.3) is 0 Å². The van der Waals surface area contributed by atoms with Gasteiger partial charge in [0.1, 0.15) is 29.7 Å². The Balaban J connectivity index is 1.32. The number of alkyl halides is 2. The Labute approximate surface area is 240 Å². The molecule has 0 radical (unpaired) electrons. The highest BCUT2D eigenvalue weighted by Crippen LogP contribution is 2.47. The molecule has 1 unspecified atom stereocenters. The number of halogens is 6. The Kier molecular flexibility index (Phi) is 8.13. The van der Waals surface area contributed by atoms with Crippen molar-refractivity contribution in [2.24, 2.45) is 0 Å². The third-order valence-electron chi connectivity index (χ3n) is 6.39. The van der Waals surface area contributed by atoms with Gasteiger partial charge in [0.25, 0.3) is 0 Å². The summed E-state index contributed by atoms with van der Waals surface area (Å²) < 4.78 is 91.7. The normalized spacial score (nSPS) is 12.7. The number of tetrazole rings is 1. The number of nitrogens with one attached hydrogen (secondary N) is 1. The van der Waals surface area contributed by atoms with Crippen molar-refractivity contribution in [3.8, 4) is 17.6 Å². The quantitative estimate of drug-likeness (QED) is 0.186. The largest absolute Gasteiger partial charge is 0.489 e. The summed E-state index contributed by atoms with van der Waals surface area (Å²) in [5, 5.41) is 23.7. The SMILES string of the molecule is OC(Cc1nn[nH]n1)(c1ccc(F)cc1F)C(F)(F)c1ccc(C#Cc2ccc(COc3ccc(F)c(F)c3)cc2)cn1. The van der Waals surface area contributed by atoms with E-state index in [0.717, 1.165) is 42.1 Å². The second-order valence-electron chi connectivity index (χ2n) is 9.31. The number of hydrogen-bond donors (Lipinski definition) is 2. The molecule has 1 atom stereocenters. The minimum atomic E-state index is -4.20. The van der Waals surface area contributed by atoms with E-state index in [0.29, 0.717) is 11.6 Å². The Morgan fingerprint density at radius 2 is 1.56 bits per heavy atom. The van der Waals surface area contributed by atoms with E-state index in [4.69, 9.17) is 4.74 Å². The van der Waals surface area contributed by atoms with Crippen LogP contribution in [-0.4, -0.2) is 30.7 Å². The van der Waals surface area contributed by atoms with E-state index < -0.39 is 52.5 Å². The highest BCUT2D eigenvalue weighted by molar-refractivity contribution is 5.43. The maximum absolute atomic E-state index is 15.9. The zero-order valence-corrected chi connectivity index (χ0v) is 21.8. The van der Waals surface area contributed by atoms with E-state index in [9.17, 15) is 22.7 Å². The molecule has 0 aliphatic heterocycles. The lowest BCUT2D eigenvalue weighted by atomic mass is 9.81. The van der Waals surface area contributed by atoms with Gasteiger partial charge in [-0.1, -0.05) is 35.3 Å². The summed E-state index contributed by atoms with van der Waals surface area (Å²) in [6.07, 6.45) is 0.0974. The molecular formula is C30H19F6N5O2. The Morgan fingerprint density at radius 3 is 2.21 bits per heavy atom. The monoisotopic (exact) mass is 595 g/mol. The molecule has 0 saturated heterocycles. The van der Waals surface area contributed by atoms with Crippen LogP contribution >= 0.6 is 0 Å². The standard InChI is InChI=1S/C30H19F6N5O2/c31-21-8-10-23(25(33)13-21)29(42,15-28-38-40-41-39-28)30(35,36)27-12-7-19(16-37-27)4-1-18-2-5-20(6-3-18)17-43-22-9-11-24(32)26(34)14-22/h2-3,5-14,16,42H,15,17H2,(H,38,39,40,41). The van der Waals surface area contributed by atoms with Crippen molar-refractivity contribution in [3.05, 3.63) is 136 Å². The lowest BCUT2D eigenvalue weighted by Crippen LogP contribution is -2.46. The molecule has 2 N–H and O–H groups in total. The molecule has 13 heteroatoms. The van der Waals surface area contributed by atoms with E-state index in [2.05, 4.69) is 37.4 Å². The summed E-state index contributed by atoms with van der Waals surface area (Å²) in [7, 11) is 0. The van der Waals surface area contributed by atoms with Gasteiger partial charge in [-0.25, -0.2) is 17.6 Å². The smallest absolute Gasteiger partial charge is 0.322 e. The minimum absolute atomic E-state index is 0.0965. The predicted octanol–water partition coefficient (Wildman–Crippen LogP) is 5.35. The van der Waals surface area contributed by atoms with Gasteiger partial charge in [0.05, 0.1) is 6.42 Å². The van der Waals surface area contributed by atoms with E-state index in [1.165, 1.54) is 12.1 Å². The van der Waals surface area contributed by atoms with Crippen LogP contribution in [0.15, 0.2) is 79.0 Å². The van der Waals surface area contributed by atoms with E-state index in [-0.39, 0.29) is 23.7 Å². The van der Waals surface area contributed by atoms with Gasteiger partial charge in [-0.05, 0) is 48.0 Å². The molecular weight excluding hydrogens is 576 g/mol. The van der Waals surface area contributed by atoms with Gasteiger partial charge < -0.3 is 9.84 Å². The fourth-order valence-corrected chi connectivity index (χ4v) is 4.11. The lowest BCUT2D eigenvalue weighted by molar-refractivity contribution is -0.199. The van der Waals surface area contributed by atoms with Crippen LogP contribution in [0, 0.1) is 35.1 Å². The van der Waals surface area contributed by atoms with Crippen LogP contribution in [0.2, 0.25) is 0 Å². The Bertz CT molecular complexity index is 1790. The molecule has 43 heavy (non-hydrogen) atoms. The first-order valence-electron chi connectivity index (χ1n) is 12.5. The fourth-order valence-electron chi connectivity index (χ4n) is 4.11. The van der Waals surface area contributed by atoms with Crippen molar-refractivity contribution in [2.75, 3.05) is 0 Å². The average molecular weight is 596 g/mol. The highest BCUT2D eigenvalue weighted by atomic mass is 19.3. The maximum Gasteiger partial charge on any atom is 0.322 e. The van der Waals surface area contributed by atoms with Crippen molar-refractivity contribution < 1.29 is 36.2 Å². The molecule has 0 amide bonds. The van der Waals surface area contributed by atoms with Crippen LogP contribution in [0.4, 0.5) is 26.3 Å². The molecule has 0 aliphatic carbocycles. The summed E-state index contributed by atoms with van der Waals surface area (Å²) in [5.41, 5.74) is -3.47. The zero-order valence-electron chi connectivity index (χ0n) is 21.8. The number of nitrogens with zero attached hydrogens (tertiary/aromatic N) is 4. The van der Waals surface area contributed by atoms with E-state index in [1.54, 1.807) is 24.3 Å². The molecule has 0 spiro atoms. The third kappa shape index (κ3) is 6.34. The first kappa shape index (κ1) is 29.3. The molecule has 0 aliphatic rings. The zero-order chi connectivity index (χ0) is 30.6. The van der Waals surface area contributed by atoms with Crippen LogP contribution in [-0.2, 0) is 24.6 Å². The van der Waals surface area contributed by atoms with Crippen molar-refractivity contribution >= 4 is 0 Å². The van der Waals surface area contributed by atoms with Crippen molar-refractivity contribution in [1.29, 1.82) is 0 Å². The average Bonchev–Trinajstić information content (AvgIpc) is 3.50. The fraction of sp³-hybridized carbons (Fsp3) is 0.133. The molecule has 0 bridgehead atoms. The molecule has 3 aromatic carbocycles. The molecule has 5 rings (SSSR count). The number of H-pyrrole nitrogens is 1. The number of aromatic amines is 1. The second-order valence-corrected chi connectivity index (χ2v) is 9.31. The van der Waals surface area contributed by atoms with Crippen molar-refractivity contribution in [1.82, 2.24) is 25.6 Å². The number of ether oxygens (including phenoxy) is 1. The molecule has 218 valence electrons. The lowest BCUT2D eigenvalue weighted by Gasteiger charge is -2.35. The molecule has 2 heterocycles. The van der Waals surface area contributed by atoms with Crippen molar-refractivity contribution in [3.63, 3.8) is 0 Å². The van der Waals surface area contributed by atoms with Crippen LogP contribution in [0.1, 0.15) is 33.8 Å². The van der Waals surface area contributed by atoms with Gasteiger partial charge in [-0.3, -0.25) is 4.98 Å². The van der Waals surface area contributed by atoms with Crippen LogP contribution in [0.5, 0.6) is 5.75 Å². The number of hydrogen-bond acceptors (Lipinski definition) is 6. The summed E-state index contributed by atoms with van der Waals surface area (Å²) in [5.74, 6) is -3.12. The summed E-state index contributed by atoms with van der Waals surface area (Å²) >= 11 is 0. The van der Waals surface area contributed by atoms with E-state index >= 15 is 8.78 Å². The number of rotatable bonds is 8. The van der Waals surface area contributed by atoms with Gasteiger partial charge in [-0.2, -0.15) is 14.0 Å². The van der Waals surface area contributed by atoms with Gasteiger partial charge in [0.15, 0.2) is 23.1 Å². The Morgan fingerprint density at radius 1 is 0.814 bits per heavy atom. The summed E-state index contributed by atoms with van der Waals surface area (Å²) in [4.78, 5) is 3.77. The van der Waals surface area contributed by atoms with Crippen LogP contribution in [0.3, 0.4) is 0 Å². The predicted molar refractivity (Wildman–Crippen MR) is 139 cm³/mol. The Hall–Kier alpha value is -5.22. The van der Waals surface area contributed by atoms with Crippen molar-refractivity contribution in [2.45, 2.75) is 24.6 Å². The first-order chi connectivity index (χ1) is 20.5. The second kappa shape index (κ2) is 11.9. The van der Waals surface area contributed by atoms with Gasteiger partial charge in [-0.15, -0.1) is 10.2 Å². The van der Waals surface area contributed by atoms with Crippen LogP contribution < -0.4 is 4.74 Å². The number of benzene rings is 3. The van der Waals surface area contributed by atoms with Gasteiger partial charge in [0, 0.05) is 35.0 Å². The first-order valence-corrected chi connectivity index (χ1v) is 12.5. The number of aromatic nitrogens is 5. The molecule has 0 saturated carbocycles.